The number of methoxy groups -OCH3 is 3. The van der Waals surface area contributed by atoms with E-state index in [9.17, 15) is 14.4 Å². The van der Waals surface area contributed by atoms with Gasteiger partial charge < -0.3 is 14.2 Å². The Bertz CT molecular complexity index is 3660. The molecule has 0 fully saturated rings. The van der Waals surface area contributed by atoms with Crippen LogP contribution >= 0.6 is 0 Å². The predicted molar refractivity (Wildman–Crippen MR) is 281 cm³/mol. The number of carbonyl (C=O) groups is 3. The number of ether oxygens (including phenoxy) is 3. The molecule has 0 aliphatic heterocycles. The predicted octanol–water partition coefficient (Wildman–Crippen LogP) is 10.1. The lowest BCUT2D eigenvalue weighted by molar-refractivity contribution is -0.675. The van der Waals surface area contributed by atoms with Crippen LogP contribution in [0.4, 0.5) is 34.5 Å². The molecule has 12 aromatic rings. The van der Waals surface area contributed by atoms with E-state index in [4.69, 9.17) is 14.2 Å². The van der Waals surface area contributed by atoms with Gasteiger partial charge >= 0.3 is 17.9 Å². The van der Waals surface area contributed by atoms with Gasteiger partial charge in [0, 0.05) is 35.3 Å². The van der Waals surface area contributed by atoms with Crippen molar-refractivity contribution in [2.75, 3.05) is 21.3 Å². The minimum Gasteiger partial charge on any atom is -0.465 e. The molecule has 0 unspecified atom stereocenters. The first-order valence-corrected chi connectivity index (χ1v) is 23.9. The lowest BCUT2D eigenvalue weighted by atomic mass is 10.1. The number of aromatic nitrogens is 9. The van der Waals surface area contributed by atoms with Crippen molar-refractivity contribution in [2.45, 2.75) is 0 Å². The van der Waals surface area contributed by atoms with E-state index in [1.54, 1.807) is 63.8 Å². The molecule has 0 bridgehead atoms. The summed E-state index contributed by atoms with van der Waals surface area (Å²) in [6.45, 7) is 0. The zero-order valence-electron chi connectivity index (χ0n) is 41.9. The SMILES string of the molecule is COC(=O)c1ccc(-c2cn3c(N=Nc4ccccc4)cc[n+]3[n-]2)cc1.COC(=O)c1ccc(-c2cn3c(N=Nc4ccccc4)cc[n+]3[n-]2)cc1.COC(=O)c1ccc(-c2cn3c(N=Nc4ccccc4)cc[n+]3[n-]2)cc1. The first-order valence-electron chi connectivity index (χ1n) is 23.9. The Balaban J connectivity index is 0.000000132. The molecule has 0 saturated carbocycles. The van der Waals surface area contributed by atoms with E-state index in [0.717, 1.165) is 50.8 Å². The minimum absolute atomic E-state index is 0.363. The second kappa shape index (κ2) is 23.3. The molecule has 6 heterocycles. The van der Waals surface area contributed by atoms with E-state index in [0.29, 0.717) is 34.1 Å². The number of nitrogens with zero attached hydrogens (tertiary/aromatic N) is 15. The third kappa shape index (κ3) is 11.6. The fourth-order valence-corrected chi connectivity index (χ4v) is 7.67. The molecule has 0 spiro atoms. The van der Waals surface area contributed by atoms with Gasteiger partial charge in [-0.15, -0.1) is 29.2 Å². The molecule has 0 aliphatic rings. The maximum atomic E-state index is 11.5. The molecule has 0 aliphatic carbocycles. The summed E-state index contributed by atoms with van der Waals surface area (Å²) in [6, 6.07) is 55.4. The zero-order valence-corrected chi connectivity index (χ0v) is 41.9. The molecule has 0 saturated heterocycles. The van der Waals surface area contributed by atoms with Crippen molar-refractivity contribution < 1.29 is 42.5 Å². The van der Waals surface area contributed by atoms with Crippen molar-refractivity contribution in [3.63, 3.8) is 0 Å². The largest absolute Gasteiger partial charge is 0.465 e. The molecule has 21 nitrogen and oxygen atoms in total. The van der Waals surface area contributed by atoms with Crippen molar-refractivity contribution in [1.82, 2.24) is 28.8 Å². The summed E-state index contributed by atoms with van der Waals surface area (Å²) >= 11 is 0. The summed E-state index contributed by atoms with van der Waals surface area (Å²) < 4.78 is 24.6. The summed E-state index contributed by atoms with van der Waals surface area (Å²) in [5, 5.41) is 39.1. The molecule has 12 rings (SSSR count). The molecular formula is C57H45N15O6. The Morgan fingerprint density at radius 3 is 0.846 bits per heavy atom. The van der Waals surface area contributed by atoms with Gasteiger partial charge in [-0.25, -0.2) is 27.9 Å². The molecule has 0 radical (unpaired) electrons. The van der Waals surface area contributed by atoms with E-state index < -0.39 is 0 Å². The van der Waals surface area contributed by atoms with Crippen molar-refractivity contribution >= 4 is 52.4 Å². The summed E-state index contributed by atoms with van der Waals surface area (Å²) in [5.41, 5.74) is 8.80. The topological polar surface area (TPSA) is 221 Å². The van der Waals surface area contributed by atoms with Gasteiger partial charge in [-0.3, -0.25) is 0 Å². The average Bonchev–Trinajstić information content (AvgIpc) is 4.38. The van der Waals surface area contributed by atoms with Crippen molar-refractivity contribution in [1.29, 1.82) is 0 Å². The molecule has 6 aromatic heterocycles. The normalized spacial score (nSPS) is 11.3. The van der Waals surface area contributed by atoms with Gasteiger partial charge in [0.1, 0.15) is 17.5 Å². The second-order valence-electron chi connectivity index (χ2n) is 16.7. The van der Waals surface area contributed by atoms with Gasteiger partial charge in [0.15, 0.2) is 18.6 Å². The molecule has 21 heteroatoms. The fourth-order valence-electron chi connectivity index (χ4n) is 7.67. The van der Waals surface area contributed by atoms with Crippen molar-refractivity contribution in [2.24, 2.45) is 30.7 Å². The number of fused-ring (bicyclic) bond motifs is 3. The third-order valence-electron chi connectivity index (χ3n) is 11.7. The van der Waals surface area contributed by atoms with Gasteiger partial charge in [-0.2, -0.15) is 30.6 Å². The first kappa shape index (κ1) is 50.3. The Morgan fingerprint density at radius 1 is 0.346 bits per heavy atom. The Kier molecular flexibility index (Phi) is 15.0. The summed E-state index contributed by atoms with van der Waals surface area (Å²) in [6.07, 6.45) is 11.0. The minimum atomic E-state index is -0.363. The average molecular weight is 1040 g/mol. The highest BCUT2D eigenvalue weighted by Gasteiger charge is 2.12. The number of esters is 3. The van der Waals surface area contributed by atoms with E-state index in [1.807, 2.05) is 183 Å². The van der Waals surface area contributed by atoms with Crippen LogP contribution in [0, 0.1) is 0 Å². The smallest absolute Gasteiger partial charge is 0.337 e. The van der Waals surface area contributed by atoms with Crippen LogP contribution in [0.15, 0.2) is 250 Å². The highest BCUT2D eigenvalue weighted by atomic mass is 16.5. The molecule has 0 atom stereocenters. The maximum Gasteiger partial charge on any atom is 0.337 e. The molecule has 0 amide bonds. The zero-order chi connectivity index (χ0) is 53.8. The maximum absolute atomic E-state index is 11.5. The quantitative estimate of drug-likeness (QED) is 0.0491. The lowest BCUT2D eigenvalue weighted by Gasteiger charge is -2.01. The van der Waals surface area contributed by atoms with Gasteiger partial charge in [0.25, 0.3) is 0 Å². The number of hydrogen-bond acceptors (Lipinski definition) is 12. The van der Waals surface area contributed by atoms with E-state index in [1.165, 1.54) is 21.3 Å². The molecular weight excluding hydrogens is 991 g/mol. The molecule has 384 valence electrons. The number of rotatable bonds is 12. The Hall–Kier alpha value is -11.2. The monoisotopic (exact) mass is 1040 g/mol. The first-order chi connectivity index (χ1) is 38.2. The van der Waals surface area contributed by atoms with Crippen molar-refractivity contribution in [3.8, 4) is 33.8 Å². The molecule has 78 heavy (non-hydrogen) atoms. The van der Waals surface area contributed by atoms with Crippen LogP contribution < -0.4 is 29.2 Å². The second-order valence-corrected chi connectivity index (χ2v) is 16.7. The van der Waals surface area contributed by atoms with Crippen LogP contribution in [0.25, 0.3) is 33.8 Å². The van der Waals surface area contributed by atoms with E-state index >= 15 is 0 Å². The van der Waals surface area contributed by atoms with Gasteiger partial charge in [-0.05, 0) is 108 Å². The summed E-state index contributed by atoms with van der Waals surface area (Å²) in [4.78, 5) is 34.6. The van der Waals surface area contributed by atoms with Crippen LogP contribution in [0.2, 0.25) is 0 Å². The van der Waals surface area contributed by atoms with Crippen LogP contribution in [-0.2, 0) is 14.2 Å². The Labute approximate surface area is 443 Å². The van der Waals surface area contributed by atoms with Crippen molar-refractivity contribution in [3.05, 3.63) is 236 Å². The number of carbonyl (C=O) groups excluding carboxylic acids is 3. The van der Waals surface area contributed by atoms with E-state index in [2.05, 4.69) is 46.0 Å². The third-order valence-corrected chi connectivity index (χ3v) is 11.7. The van der Waals surface area contributed by atoms with Gasteiger partial charge in [0.2, 0.25) is 0 Å². The number of benzene rings is 6. The van der Waals surface area contributed by atoms with Crippen LogP contribution in [0.3, 0.4) is 0 Å². The molecule has 0 N–H and O–H groups in total. The van der Waals surface area contributed by atoms with Crippen LogP contribution in [0.5, 0.6) is 0 Å². The fraction of sp³-hybridized carbons (Fsp3) is 0.0526. The lowest BCUT2D eigenvalue weighted by Crippen LogP contribution is -2.28. The van der Waals surface area contributed by atoms with Crippen LogP contribution in [0.1, 0.15) is 31.1 Å². The van der Waals surface area contributed by atoms with E-state index in [-0.39, 0.29) is 17.9 Å². The molecule has 6 aromatic carbocycles. The number of hydrogen-bond donors (Lipinski definition) is 0. The standard InChI is InChI=1S/3C19H15N5O2/c3*1-26-19(25)15-9-7-14(8-10-15)17-13-23-18(11-12-24(23)22-17)21-20-16-5-3-2-4-6-16/h3*2-13H,1H3. The summed E-state index contributed by atoms with van der Waals surface area (Å²) in [5.74, 6) is 0.908. The van der Waals surface area contributed by atoms with Gasteiger partial charge in [-0.1, -0.05) is 91.0 Å². The van der Waals surface area contributed by atoms with Gasteiger partial charge in [0.05, 0.1) is 55.1 Å². The highest BCUT2D eigenvalue weighted by molar-refractivity contribution is 5.91. The highest BCUT2D eigenvalue weighted by Crippen LogP contribution is 2.24. The summed E-state index contributed by atoms with van der Waals surface area (Å²) in [7, 11) is 4.08. The Morgan fingerprint density at radius 2 is 0.603 bits per heavy atom. The van der Waals surface area contributed by atoms with Crippen LogP contribution in [-0.4, -0.2) is 52.8 Å². The number of azo groups is 3.